The zero-order chi connectivity index (χ0) is 10.5. The second-order valence-electron chi connectivity index (χ2n) is 4.26. The third-order valence-corrected chi connectivity index (χ3v) is 3.76. The van der Waals surface area contributed by atoms with E-state index in [2.05, 4.69) is 27.2 Å². The third kappa shape index (κ3) is 2.75. The molecule has 1 aliphatic carbocycles. The van der Waals surface area contributed by atoms with Gasteiger partial charge in [-0.2, -0.15) is 0 Å². The van der Waals surface area contributed by atoms with Crippen LogP contribution in [0.15, 0.2) is 5.38 Å². The predicted octanol–water partition coefficient (Wildman–Crippen LogP) is 2.77. The van der Waals surface area contributed by atoms with Gasteiger partial charge in [0.25, 0.3) is 0 Å². The average molecular weight is 225 g/mol. The van der Waals surface area contributed by atoms with E-state index in [0.29, 0.717) is 6.04 Å². The van der Waals surface area contributed by atoms with Crippen LogP contribution in [-0.2, 0) is 0 Å². The summed E-state index contributed by atoms with van der Waals surface area (Å²) in [7, 11) is 0. The number of hydrogen-bond donors (Lipinski definition) is 1. The van der Waals surface area contributed by atoms with Crippen molar-refractivity contribution in [2.45, 2.75) is 45.1 Å². The van der Waals surface area contributed by atoms with Gasteiger partial charge in [0.2, 0.25) is 0 Å². The zero-order valence-electron chi connectivity index (χ0n) is 9.28. The Bertz CT molecular complexity index is 267. The fraction of sp³-hybridized carbons (Fsp3) is 0.818. The van der Waals surface area contributed by atoms with Crippen LogP contribution in [0.2, 0.25) is 0 Å². The second-order valence-corrected chi connectivity index (χ2v) is 4.87. The maximum Gasteiger partial charge on any atom is 0.0927 e. The minimum absolute atomic E-state index is 0.439. The van der Waals surface area contributed by atoms with Crippen molar-refractivity contribution in [1.82, 2.24) is 14.9 Å². The van der Waals surface area contributed by atoms with E-state index in [1.54, 1.807) is 0 Å². The highest BCUT2D eigenvalue weighted by Gasteiger charge is 2.25. The molecule has 0 amide bonds. The molecule has 0 bridgehead atoms. The SMILES string of the molecule is CCNC(c1csnn1)C1CCCCC1. The van der Waals surface area contributed by atoms with Crippen molar-refractivity contribution in [2.24, 2.45) is 5.92 Å². The number of nitrogens with one attached hydrogen (secondary N) is 1. The molecule has 1 fully saturated rings. The first-order valence-electron chi connectivity index (χ1n) is 5.92. The van der Waals surface area contributed by atoms with Crippen molar-refractivity contribution in [1.29, 1.82) is 0 Å². The van der Waals surface area contributed by atoms with Gasteiger partial charge in [0.15, 0.2) is 0 Å². The Morgan fingerprint density at radius 2 is 2.27 bits per heavy atom. The molecule has 1 heterocycles. The maximum absolute atomic E-state index is 4.22. The van der Waals surface area contributed by atoms with Crippen LogP contribution in [0.5, 0.6) is 0 Å². The molecule has 1 N–H and O–H groups in total. The Labute approximate surface area is 95.4 Å². The molecule has 15 heavy (non-hydrogen) atoms. The molecule has 0 radical (unpaired) electrons. The van der Waals surface area contributed by atoms with E-state index >= 15 is 0 Å². The number of aromatic nitrogens is 2. The Morgan fingerprint density at radius 1 is 1.47 bits per heavy atom. The molecular weight excluding hydrogens is 206 g/mol. The molecule has 0 aromatic carbocycles. The van der Waals surface area contributed by atoms with Crippen molar-refractivity contribution in [3.8, 4) is 0 Å². The van der Waals surface area contributed by atoms with Gasteiger partial charge in [0.05, 0.1) is 11.7 Å². The van der Waals surface area contributed by atoms with E-state index in [1.165, 1.54) is 43.6 Å². The molecule has 84 valence electrons. The molecule has 0 aliphatic heterocycles. The molecule has 0 spiro atoms. The summed E-state index contributed by atoms with van der Waals surface area (Å²) in [6.45, 7) is 3.17. The predicted molar refractivity (Wildman–Crippen MR) is 62.9 cm³/mol. The number of rotatable bonds is 4. The van der Waals surface area contributed by atoms with Gasteiger partial charge in [-0.3, -0.25) is 0 Å². The maximum atomic E-state index is 4.22. The molecule has 1 unspecified atom stereocenters. The van der Waals surface area contributed by atoms with Crippen molar-refractivity contribution in [2.75, 3.05) is 6.54 Å². The monoisotopic (exact) mass is 225 g/mol. The quantitative estimate of drug-likeness (QED) is 0.856. The summed E-state index contributed by atoms with van der Waals surface area (Å²) in [5, 5.41) is 9.86. The van der Waals surface area contributed by atoms with E-state index < -0.39 is 0 Å². The Balaban J connectivity index is 2.04. The Kier molecular flexibility index (Phi) is 4.09. The summed E-state index contributed by atoms with van der Waals surface area (Å²) in [5.74, 6) is 0.766. The lowest BCUT2D eigenvalue weighted by atomic mass is 9.83. The summed E-state index contributed by atoms with van der Waals surface area (Å²) < 4.78 is 3.97. The topological polar surface area (TPSA) is 37.8 Å². The van der Waals surface area contributed by atoms with Crippen LogP contribution in [0.3, 0.4) is 0 Å². The van der Waals surface area contributed by atoms with Crippen LogP contribution >= 0.6 is 11.5 Å². The summed E-state index contributed by atoms with van der Waals surface area (Å²) in [4.78, 5) is 0. The minimum Gasteiger partial charge on any atom is -0.309 e. The molecule has 4 heteroatoms. The standard InChI is InChI=1S/C11H19N3S/c1-2-12-11(10-8-15-14-13-10)9-6-4-3-5-7-9/h8-9,11-12H,2-7H2,1H3. The highest BCUT2D eigenvalue weighted by Crippen LogP contribution is 2.33. The zero-order valence-corrected chi connectivity index (χ0v) is 10.1. The molecule has 1 aromatic rings. The van der Waals surface area contributed by atoms with Crippen LogP contribution in [0.25, 0.3) is 0 Å². The number of hydrogen-bond acceptors (Lipinski definition) is 4. The number of nitrogens with zero attached hydrogens (tertiary/aromatic N) is 2. The molecule has 0 saturated heterocycles. The highest BCUT2D eigenvalue weighted by molar-refractivity contribution is 7.03. The van der Waals surface area contributed by atoms with Crippen LogP contribution in [0, 0.1) is 5.92 Å². The van der Waals surface area contributed by atoms with E-state index in [1.807, 2.05) is 0 Å². The van der Waals surface area contributed by atoms with Crippen molar-refractivity contribution >= 4 is 11.5 Å². The lowest BCUT2D eigenvalue weighted by Crippen LogP contribution is -2.29. The van der Waals surface area contributed by atoms with Gasteiger partial charge in [0.1, 0.15) is 0 Å². The first kappa shape index (κ1) is 11.0. The molecule has 1 aliphatic rings. The van der Waals surface area contributed by atoms with Gasteiger partial charge >= 0.3 is 0 Å². The Hall–Kier alpha value is -0.480. The summed E-state index contributed by atoms with van der Waals surface area (Å²) in [6, 6.07) is 0.439. The summed E-state index contributed by atoms with van der Waals surface area (Å²) in [6.07, 6.45) is 6.85. The summed E-state index contributed by atoms with van der Waals surface area (Å²) in [5.41, 5.74) is 1.15. The van der Waals surface area contributed by atoms with Crippen LogP contribution < -0.4 is 5.32 Å². The van der Waals surface area contributed by atoms with Crippen LogP contribution in [0.1, 0.15) is 50.8 Å². The van der Waals surface area contributed by atoms with Crippen molar-refractivity contribution < 1.29 is 0 Å². The van der Waals surface area contributed by atoms with Crippen molar-refractivity contribution in [3.05, 3.63) is 11.1 Å². The van der Waals surface area contributed by atoms with Gasteiger partial charge in [-0.1, -0.05) is 30.7 Å². The largest absolute Gasteiger partial charge is 0.309 e. The van der Waals surface area contributed by atoms with Crippen molar-refractivity contribution in [3.63, 3.8) is 0 Å². The van der Waals surface area contributed by atoms with E-state index in [4.69, 9.17) is 0 Å². The van der Waals surface area contributed by atoms with E-state index in [0.717, 1.165) is 18.2 Å². The molecule has 1 saturated carbocycles. The highest BCUT2D eigenvalue weighted by atomic mass is 32.1. The van der Waals surface area contributed by atoms with Gasteiger partial charge in [-0.15, -0.1) is 5.10 Å². The molecule has 1 aromatic heterocycles. The first-order valence-corrected chi connectivity index (χ1v) is 6.75. The average Bonchev–Trinajstić information content (AvgIpc) is 2.80. The lowest BCUT2D eigenvalue weighted by Gasteiger charge is -2.29. The van der Waals surface area contributed by atoms with Gasteiger partial charge < -0.3 is 5.32 Å². The fourth-order valence-electron chi connectivity index (χ4n) is 2.51. The van der Waals surface area contributed by atoms with Crippen LogP contribution in [0.4, 0.5) is 0 Å². The van der Waals surface area contributed by atoms with E-state index in [9.17, 15) is 0 Å². The lowest BCUT2D eigenvalue weighted by molar-refractivity contribution is 0.270. The first-order chi connectivity index (χ1) is 7.42. The van der Waals surface area contributed by atoms with E-state index in [-0.39, 0.29) is 0 Å². The third-order valence-electron chi connectivity index (χ3n) is 3.24. The molecule has 1 atom stereocenters. The Morgan fingerprint density at radius 3 is 2.87 bits per heavy atom. The molecular formula is C11H19N3S. The fourth-order valence-corrected chi connectivity index (χ4v) is 3.00. The normalized spacial score (nSPS) is 20.3. The minimum atomic E-state index is 0.439. The van der Waals surface area contributed by atoms with Crippen LogP contribution in [-0.4, -0.2) is 16.1 Å². The smallest absolute Gasteiger partial charge is 0.0927 e. The van der Waals surface area contributed by atoms with Gasteiger partial charge in [-0.05, 0) is 36.8 Å². The summed E-state index contributed by atoms with van der Waals surface area (Å²) >= 11 is 1.46. The van der Waals surface area contributed by atoms with Gasteiger partial charge in [-0.25, -0.2) is 0 Å². The molecule has 2 rings (SSSR count). The van der Waals surface area contributed by atoms with Gasteiger partial charge in [0, 0.05) is 5.38 Å². The molecule has 3 nitrogen and oxygen atoms in total. The second kappa shape index (κ2) is 5.56.